The van der Waals surface area contributed by atoms with Crippen LogP contribution >= 0.6 is 0 Å². The number of aliphatic carboxylic acids is 1. The van der Waals surface area contributed by atoms with E-state index < -0.39 is 24.7 Å². The van der Waals surface area contributed by atoms with Gasteiger partial charge in [0, 0.05) is 37.9 Å². The highest BCUT2D eigenvalue weighted by atomic mass is 19.3. The molecule has 2 aromatic rings. The zero-order valence-corrected chi connectivity index (χ0v) is 16.6. The maximum atomic E-state index is 12.4. The summed E-state index contributed by atoms with van der Waals surface area (Å²) < 4.78 is 34.9. The van der Waals surface area contributed by atoms with Crippen molar-refractivity contribution >= 4 is 22.7 Å². The molecule has 0 aromatic heterocycles. The molecule has 1 atom stereocenters. The van der Waals surface area contributed by atoms with E-state index in [0.717, 1.165) is 16.3 Å². The number of carboxylic acid groups (broad SMARTS) is 1. The van der Waals surface area contributed by atoms with Gasteiger partial charge in [0.1, 0.15) is 5.75 Å². The summed E-state index contributed by atoms with van der Waals surface area (Å²) in [5, 5.41) is 10.5. The van der Waals surface area contributed by atoms with E-state index in [4.69, 9.17) is 9.84 Å². The van der Waals surface area contributed by atoms with Gasteiger partial charge in [-0.15, -0.1) is 0 Å². The minimum absolute atomic E-state index is 0.0319. The van der Waals surface area contributed by atoms with Crippen molar-refractivity contribution < 1.29 is 33.0 Å². The van der Waals surface area contributed by atoms with Gasteiger partial charge in [0.15, 0.2) is 0 Å². The Labute approximate surface area is 173 Å². The second-order valence-corrected chi connectivity index (χ2v) is 7.35. The topological polar surface area (TPSA) is 76.1 Å². The molecule has 1 aliphatic rings. The number of fused-ring (bicyclic) bond motifs is 1. The molecular formula is C22H25F2NO5. The molecule has 3 rings (SSSR count). The first-order valence-electron chi connectivity index (χ1n) is 10.0. The van der Waals surface area contributed by atoms with Crippen molar-refractivity contribution in [2.75, 3.05) is 19.6 Å². The number of carbonyl (C=O) groups is 2. The van der Waals surface area contributed by atoms with Gasteiger partial charge in [-0.1, -0.05) is 30.3 Å². The number of hydrogen-bond donors (Lipinski definition) is 1. The number of ether oxygens (including phenoxy) is 2. The number of esters is 1. The van der Waals surface area contributed by atoms with E-state index >= 15 is 0 Å². The normalized spacial score (nSPS) is 17.0. The fourth-order valence-electron chi connectivity index (χ4n) is 3.77. The number of hydrogen-bond acceptors (Lipinski definition) is 5. The highest BCUT2D eigenvalue weighted by Crippen LogP contribution is 2.30. The van der Waals surface area contributed by atoms with Crippen LogP contribution in [0.1, 0.15) is 31.2 Å². The molecular weight excluding hydrogens is 396 g/mol. The Morgan fingerprint density at radius 3 is 2.67 bits per heavy atom. The maximum Gasteiger partial charge on any atom is 0.345 e. The highest BCUT2D eigenvalue weighted by Gasteiger charge is 2.25. The molecule has 0 radical (unpaired) electrons. The molecule has 1 saturated heterocycles. The number of nitrogens with zero attached hydrogens (tertiary/aromatic N) is 1. The van der Waals surface area contributed by atoms with Gasteiger partial charge in [-0.2, -0.15) is 8.78 Å². The largest absolute Gasteiger partial charge is 0.481 e. The van der Waals surface area contributed by atoms with Crippen molar-refractivity contribution in [1.82, 2.24) is 4.90 Å². The summed E-state index contributed by atoms with van der Waals surface area (Å²) in [5.74, 6) is -0.966. The second kappa shape index (κ2) is 10.4. The fraction of sp³-hybridized carbons (Fsp3) is 0.455. The third kappa shape index (κ3) is 6.21. The molecule has 1 heterocycles. The van der Waals surface area contributed by atoms with E-state index in [2.05, 4.69) is 9.64 Å². The minimum atomic E-state index is -2.75. The first-order chi connectivity index (χ1) is 14.4. The zero-order chi connectivity index (χ0) is 21.5. The molecule has 6 nitrogen and oxygen atoms in total. The molecule has 8 heteroatoms. The lowest BCUT2D eigenvalue weighted by molar-refractivity contribution is -0.158. The highest BCUT2D eigenvalue weighted by molar-refractivity contribution is 5.93. The Kier molecular flexibility index (Phi) is 7.70. The summed E-state index contributed by atoms with van der Waals surface area (Å²) in [5.41, 5.74) is 1.000. The van der Waals surface area contributed by atoms with Crippen LogP contribution in [0.5, 0.6) is 5.75 Å². The van der Waals surface area contributed by atoms with Crippen molar-refractivity contribution in [3.05, 3.63) is 42.0 Å². The average molecular weight is 421 g/mol. The first-order valence-corrected chi connectivity index (χ1v) is 10.0. The van der Waals surface area contributed by atoms with Crippen LogP contribution in [0.2, 0.25) is 0 Å². The molecule has 2 aromatic carbocycles. The predicted molar refractivity (Wildman–Crippen MR) is 107 cm³/mol. The Balaban J connectivity index is 1.66. The van der Waals surface area contributed by atoms with Crippen molar-refractivity contribution in [3.63, 3.8) is 0 Å². The molecule has 30 heavy (non-hydrogen) atoms. The van der Waals surface area contributed by atoms with Gasteiger partial charge in [0.25, 0.3) is 0 Å². The van der Waals surface area contributed by atoms with Crippen LogP contribution in [0.4, 0.5) is 8.78 Å². The first kappa shape index (κ1) is 22.1. The van der Waals surface area contributed by atoms with Crippen LogP contribution < -0.4 is 4.74 Å². The van der Waals surface area contributed by atoms with Gasteiger partial charge in [-0.25, -0.2) is 0 Å². The van der Waals surface area contributed by atoms with Gasteiger partial charge < -0.3 is 19.5 Å². The van der Waals surface area contributed by atoms with E-state index in [1.165, 1.54) is 0 Å². The maximum absolute atomic E-state index is 12.4. The Morgan fingerprint density at radius 2 is 1.93 bits per heavy atom. The lowest BCUT2D eigenvalue weighted by Gasteiger charge is -2.17. The van der Waals surface area contributed by atoms with Crippen LogP contribution in [0, 0.1) is 0 Å². The van der Waals surface area contributed by atoms with Crippen molar-refractivity contribution in [1.29, 1.82) is 0 Å². The molecule has 0 spiro atoms. The van der Waals surface area contributed by atoms with Crippen LogP contribution in [0.3, 0.4) is 0 Å². The van der Waals surface area contributed by atoms with Crippen LogP contribution in [0.15, 0.2) is 36.4 Å². The third-order valence-electron chi connectivity index (χ3n) is 5.17. The number of likely N-dealkylation sites (tertiary alicyclic amines) is 1. The number of carboxylic acids is 1. The van der Waals surface area contributed by atoms with Gasteiger partial charge in [0.2, 0.25) is 0 Å². The average Bonchev–Trinajstić information content (AvgIpc) is 3.12. The van der Waals surface area contributed by atoms with Crippen molar-refractivity contribution in [3.8, 4) is 5.75 Å². The van der Waals surface area contributed by atoms with Gasteiger partial charge in [-0.3, -0.25) is 9.59 Å². The van der Waals surface area contributed by atoms with E-state index in [9.17, 15) is 18.4 Å². The van der Waals surface area contributed by atoms with Gasteiger partial charge in [-0.05, 0) is 36.3 Å². The minimum Gasteiger partial charge on any atom is -0.481 e. The number of halogens is 2. The zero-order valence-electron chi connectivity index (χ0n) is 16.6. The van der Waals surface area contributed by atoms with Crippen LogP contribution in [-0.2, 0) is 20.7 Å². The number of rotatable bonds is 10. The molecule has 1 aliphatic heterocycles. The standard InChI is InChI=1S/C22H25F2NO5/c23-22(24)29-17-11-13-25(14-17)12-10-16-5-1-4-15-6-2-7-18(21(15)16)30-20(28)9-3-8-19(26)27/h1-2,4-7,17,22H,3,8-14H2,(H,26,27)/t17-/m0/s1. The van der Waals surface area contributed by atoms with E-state index in [1.807, 2.05) is 24.3 Å². The summed E-state index contributed by atoms with van der Waals surface area (Å²) in [6, 6.07) is 11.3. The monoisotopic (exact) mass is 421 g/mol. The summed E-state index contributed by atoms with van der Waals surface area (Å²) in [6.07, 6.45) is 0.986. The molecule has 0 bridgehead atoms. The third-order valence-corrected chi connectivity index (χ3v) is 5.17. The second-order valence-electron chi connectivity index (χ2n) is 7.35. The molecule has 1 fully saturated rings. The molecule has 0 amide bonds. The van der Waals surface area contributed by atoms with Gasteiger partial charge in [0.05, 0.1) is 6.10 Å². The Morgan fingerprint density at radius 1 is 1.17 bits per heavy atom. The molecule has 1 N–H and O–H groups in total. The van der Waals surface area contributed by atoms with E-state index in [-0.39, 0.29) is 19.3 Å². The number of alkyl halides is 2. The van der Waals surface area contributed by atoms with E-state index in [0.29, 0.717) is 38.2 Å². The summed E-state index contributed by atoms with van der Waals surface area (Å²) in [7, 11) is 0. The lowest BCUT2D eigenvalue weighted by atomic mass is 10.0. The lowest BCUT2D eigenvalue weighted by Crippen LogP contribution is -2.26. The van der Waals surface area contributed by atoms with Crippen molar-refractivity contribution in [2.24, 2.45) is 0 Å². The molecule has 0 unspecified atom stereocenters. The molecule has 0 saturated carbocycles. The molecule has 0 aliphatic carbocycles. The quantitative estimate of drug-likeness (QED) is 0.464. The SMILES string of the molecule is O=C(O)CCCC(=O)Oc1cccc2cccc(CCN3CC[C@H](OC(F)F)C3)c12. The summed E-state index contributed by atoms with van der Waals surface area (Å²) in [6.45, 7) is -0.891. The van der Waals surface area contributed by atoms with Gasteiger partial charge >= 0.3 is 18.6 Å². The molecule has 162 valence electrons. The van der Waals surface area contributed by atoms with Crippen molar-refractivity contribution in [2.45, 2.75) is 44.8 Å². The van der Waals surface area contributed by atoms with Crippen LogP contribution in [-0.4, -0.2) is 54.3 Å². The van der Waals surface area contributed by atoms with Crippen LogP contribution in [0.25, 0.3) is 10.8 Å². The fourth-order valence-corrected chi connectivity index (χ4v) is 3.77. The summed E-state index contributed by atoms with van der Waals surface area (Å²) in [4.78, 5) is 24.8. The van der Waals surface area contributed by atoms with E-state index in [1.54, 1.807) is 12.1 Å². The smallest absolute Gasteiger partial charge is 0.345 e. The Bertz CT molecular complexity index is 884. The number of carbonyl (C=O) groups excluding carboxylic acids is 1. The number of benzene rings is 2. The predicted octanol–water partition coefficient (Wildman–Crippen LogP) is 3.86. The summed E-state index contributed by atoms with van der Waals surface area (Å²) >= 11 is 0. The Hall–Kier alpha value is -2.58.